The first kappa shape index (κ1) is 19.7. The average Bonchev–Trinajstić information content (AvgIpc) is 3.50. The van der Waals surface area contributed by atoms with Gasteiger partial charge in [0.25, 0.3) is 5.91 Å². The summed E-state index contributed by atoms with van der Waals surface area (Å²) in [7, 11) is 0. The molecule has 2 saturated heterocycles. The fourth-order valence-electron chi connectivity index (χ4n) is 4.80. The van der Waals surface area contributed by atoms with E-state index in [1.807, 2.05) is 17.0 Å². The lowest BCUT2D eigenvalue weighted by Gasteiger charge is -2.25. The third kappa shape index (κ3) is 3.55. The van der Waals surface area contributed by atoms with Crippen molar-refractivity contribution in [1.29, 1.82) is 0 Å². The number of carbonyl (C=O) groups is 1. The fraction of sp³-hybridized carbons (Fsp3) is 0.381. The highest BCUT2D eigenvalue weighted by Crippen LogP contribution is 2.44. The molecule has 0 spiro atoms. The Kier molecular flexibility index (Phi) is 4.71. The SMILES string of the molecule is O=C(c1ccccc1-n1nccn1)N1C2CCC1C(Cc1ncc(C(F)(F)F)cn1)C2. The molecule has 0 saturated carbocycles. The average molecular weight is 428 g/mol. The van der Waals surface area contributed by atoms with Crippen LogP contribution in [0.1, 0.15) is 41.0 Å². The number of fused-ring (bicyclic) bond motifs is 2. The zero-order valence-corrected chi connectivity index (χ0v) is 16.4. The third-order valence-electron chi connectivity index (χ3n) is 6.15. The molecule has 10 heteroatoms. The van der Waals surface area contributed by atoms with Gasteiger partial charge in [-0.25, -0.2) is 9.97 Å². The Labute approximate surface area is 175 Å². The molecule has 1 amide bonds. The molecule has 3 unspecified atom stereocenters. The zero-order valence-electron chi connectivity index (χ0n) is 16.4. The van der Waals surface area contributed by atoms with E-state index in [4.69, 9.17) is 0 Å². The lowest BCUT2D eigenvalue weighted by atomic mass is 9.86. The number of hydrogen-bond acceptors (Lipinski definition) is 5. The van der Waals surface area contributed by atoms with Crippen LogP contribution in [0.5, 0.6) is 0 Å². The maximum Gasteiger partial charge on any atom is 0.419 e. The van der Waals surface area contributed by atoms with Crippen LogP contribution in [0, 0.1) is 5.92 Å². The van der Waals surface area contributed by atoms with Crippen molar-refractivity contribution in [2.45, 2.75) is 43.9 Å². The molecule has 7 nitrogen and oxygen atoms in total. The Morgan fingerprint density at radius 3 is 2.48 bits per heavy atom. The summed E-state index contributed by atoms with van der Waals surface area (Å²) in [5.41, 5.74) is 0.290. The summed E-state index contributed by atoms with van der Waals surface area (Å²) in [6.07, 6.45) is 3.34. The van der Waals surface area contributed by atoms with Crippen molar-refractivity contribution in [3.05, 3.63) is 66.0 Å². The molecule has 3 atom stereocenters. The highest BCUT2D eigenvalue weighted by atomic mass is 19.4. The predicted octanol–water partition coefficient (Wildman–Crippen LogP) is 3.31. The lowest BCUT2D eigenvalue weighted by molar-refractivity contribution is -0.138. The van der Waals surface area contributed by atoms with Crippen LogP contribution in [0.2, 0.25) is 0 Å². The first-order valence-electron chi connectivity index (χ1n) is 10.1. The molecule has 160 valence electrons. The van der Waals surface area contributed by atoms with Gasteiger partial charge in [-0.05, 0) is 37.3 Å². The molecular weight excluding hydrogens is 409 g/mol. The van der Waals surface area contributed by atoms with E-state index in [0.29, 0.717) is 23.5 Å². The number of rotatable bonds is 4. The maximum absolute atomic E-state index is 13.5. The van der Waals surface area contributed by atoms with E-state index in [0.717, 1.165) is 31.7 Å². The van der Waals surface area contributed by atoms with Gasteiger partial charge in [-0.2, -0.15) is 28.2 Å². The van der Waals surface area contributed by atoms with Crippen LogP contribution < -0.4 is 0 Å². The van der Waals surface area contributed by atoms with Crippen molar-refractivity contribution in [2.75, 3.05) is 0 Å². The molecule has 4 heterocycles. The van der Waals surface area contributed by atoms with Crippen LogP contribution in [-0.4, -0.2) is 47.9 Å². The van der Waals surface area contributed by atoms with Crippen molar-refractivity contribution in [3.63, 3.8) is 0 Å². The lowest BCUT2D eigenvalue weighted by Crippen LogP contribution is -2.37. The summed E-state index contributed by atoms with van der Waals surface area (Å²) in [6, 6.07) is 7.34. The van der Waals surface area contributed by atoms with Crippen LogP contribution in [0.25, 0.3) is 5.69 Å². The van der Waals surface area contributed by atoms with Gasteiger partial charge in [0.2, 0.25) is 0 Å². The predicted molar refractivity (Wildman–Crippen MR) is 103 cm³/mol. The fourth-order valence-corrected chi connectivity index (χ4v) is 4.80. The van der Waals surface area contributed by atoms with Gasteiger partial charge in [-0.3, -0.25) is 4.79 Å². The summed E-state index contributed by atoms with van der Waals surface area (Å²) in [5, 5.41) is 8.29. The number of hydrogen-bond donors (Lipinski definition) is 0. The van der Waals surface area contributed by atoms with E-state index in [1.54, 1.807) is 24.5 Å². The Morgan fingerprint density at radius 2 is 1.77 bits per heavy atom. The molecule has 31 heavy (non-hydrogen) atoms. The number of para-hydroxylation sites is 1. The van der Waals surface area contributed by atoms with Gasteiger partial charge in [0, 0.05) is 30.9 Å². The van der Waals surface area contributed by atoms with Crippen LogP contribution in [0.3, 0.4) is 0 Å². The van der Waals surface area contributed by atoms with Gasteiger partial charge >= 0.3 is 6.18 Å². The van der Waals surface area contributed by atoms with E-state index in [-0.39, 0.29) is 23.9 Å². The number of aromatic nitrogens is 5. The highest BCUT2D eigenvalue weighted by Gasteiger charge is 2.49. The molecule has 0 aliphatic carbocycles. The summed E-state index contributed by atoms with van der Waals surface area (Å²) in [5.74, 6) is 0.421. The molecule has 2 aliphatic heterocycles. The Hall–Kier alpha value is -3.30. The number of carbonyl (C=O) groups excluding carboxylic acids is 1. The van der Waals surface area contributed by atoms with Gasteiger partial charge in [0.1, 0.15) is 5.82 Å². The molecule has 2 aliphatic rings. The second-order valence-electron chi connectivity index (χ2n) is 7.93. The van der Waals surface area contributed by atoms with Crippen molar-refractivity contribution in [1.82, 2.24) is 29.9 Å². The molecule has 1 aromatic carbocycles. The maximum atomic E-state index is 13.5. The highest BCUT2D eigenvalue weighted by molar-refractivity contribution is 5.98. The number of benzene rings is 1. The van der Waals surface area contributed by atoms with E-state index in [9.17, 15) is 18.0 Å². The third-order valence-corrected chi connectivity index (χ3v) is 6.15. The second kappa shape index (κ2) is 7.44. The summed E-state index contributed by atoms with van der Waals surface area (Å²) in [4.78, 5) is 24.7. The van der Waals surface area contributed by atoms with E-state index < -0.39 is 11.7 Å². The monoisotopic (exact) mass is 428 g/mol. The van der Waals surface area contributed by atoms with E-state index in [1.165, 1.54) is 4.80 Å². The minimum atomic E-state index is -4.45. The van der Waals surface area contributed by atoms with Crippen LogP contribution in [0.15, 0.2) is 49.1 Å². The zero-order chi connectivity index (χ0) is 21.6. The summed E-state index contributed by atoms with van der Waals surface area (Å²) >= 11 is 0. The Balaban J connectivity index is 1.36. The smallest absolute Gasteiger partial charge is 0.332 e. The largest absolute Gasteiger partial charge is 0.419 e. The first-order chi connectivity index (χ1) is 14.9. The minimum Gasteiger partial charge on any atom is -0.332 e. The molecule has 0 radical (unpaired) electrons. The number of amides is 1. The van der Waals surface area contributed by atoms with Gasteiger partial charge in [-0.1, -0.05) is 12.1 Å². The molecule has 0 N–H and O–H groups in total. The molecular formula is C21H19F3N6O. The summed E-state index contributed by atoms with van der Waals surface area (Å²) < 4.78 is 38.2. The quantitative estimate of drug-likeness (QED) is 0.637. The summed E-state index contributed by atoms with van der Waals surface area (Å²) in [6.45, 7) is 0. The molecule has 5 rings (SSSR count). The number of alkyl halides is 3. The Morgan fingerprint density at radius 1 is 1.06 bits per heavy atom. The molecule has 2 fully saturated rings. The standard InChI is InChI=1S/C21H19F3N6O/c22-21(23,24)14-11-25-19(26-12-14)10-13-9-15-5-6-17(13)29(15)20(31)16-3-1-2-4-18(16)30-27-7-8-28-30/h1-4,7-8,11-13,15,17H,5-6,9-10H2. The number of nitrogens with zero attached hydrogens (tertiary/aromatic N) is 6. The topological polar surface area (TPSA) is 76.8 Å². The van der Waals surface area contributed by atoms with Gasteiger partial charge in [-0.15, -0.1) is 0 Å². The molecule has 2 bridgehead atoms. The van der Waals surface area contributed by atoms with E-state index >= 15 is 0 Å². The normalized spacial score (nSPS) is 22.8. The minimum absolute atomic E-state index is 0.0158. The van der Waals surface area contributed by atoms with Crippen molar-refractivity contribution >= 4 is 5.91 Å². The van der Waals surface area contributed by atoms with Crippen molar-refractivity contribution in [2.24, 2.45) is 5.92 Å². The second-order valence-corrected chi connectivity index (χ2v) is 7.93. The van der Waals surface area contributed by atoms with Gasteiger partial charge in [0.05, 0.1) is 29.2 Å². The van der Waals surface area contributed by atoms with Crippen molar-refractivity contribution < 1.29 is 18.0 Å². The van der Waals surface area contributed by atoms with Crippen LogP contribution >= 0.6 is 0 Å². The van der Waals surface area contributed by atoms with E-state index in [2.05, 4.69) is 20.2 Å². The number of halogens is 3. The van der Waals surface area contributed by atoms with Crippen LogP contribution in [0.4, 0.5) is 13.2 Å². The molecule has 3 aromatic rings. The van der Waals surface area contributed by atoms with Crippen molar-refractivity contribution in [3.8, 4) is 5.69 Å². The van der Waals surface area contributed by atoms with Gasteiger partial charge < -0.3 is 4.90 Å². The first-order valence-corrected chi connectivity index (χ1v) is 10.1. The van der Waals surface area contributed by atoms with Gasteiger partial charge in [0.15, 0.2) is 0 Å². The van der Waals surface area contributed by atoms with Crippen LogP contribution in [-0.2, 0) is 12.6 Å². The Bertz CT molecular complexity index is 1080. The molecule has 2 aromatic heterocycles.